The number of hydrogen-bond acceptors (Lipinski definition) is 4. The third kappa shape index (κ3) is 6.33. The number of carboxylic acids is 1. The largest absolute Gasteiger partial charge is 0.482 e. The van der Waals surface area contributed by atoms with E-state index in [1.807, 2.05) is 30.5 Å². The number of aromatic nitrogens is 2. The molecule has 0 fully saturated rings. The minimum atomic E-state index is -0.953. The van der Waals surface area contributed by atoms with Gasteiger partial charge in [0.2, 0.25) is 0 Å². The lowest BCUT2D eigenvalue weighted by Crippen LogP contribution is -2.16. The number of imidazole rings is 1. The standard InChI is InChI=1S/C31H30N2O3S/c34-29(35)21-36-28-15-7-14-25-19-22(16-17-26(25)28)9-8-18-37-31-32-20-27(33-31)30(23-10-3-1-4-11-23)24-12-5-2-6-13-24/h1-15,20,22,30H,16-19,21H2,(H,32,33)(H,34,35). The van der Waals surface area contributed by atoms with Crippen LogP contribution >= 0.6 is 11.8 Å². The molecule has 0 amide bonds. The molecule has 5 nitrogen and oxygen atoms in total. The Morgan fingerprint density at radius 1 is 1.05 bits per heavy atom. The second-order valence-corrected chi connectivity index (χ2v) is 10.2. The number of fused-ring (bicyclic) bond motifs is 1. The van der Waals surface area contributed by atoms with Crippen LogP contribution in [0.15, 0.2) is 102 Å². The molecule has 0 aliphatic heterocycles. The first-order valence-corrected chi connectivity index (χ1v) is 13.6. The van der Waals surface area contributed by atoms with Crippen molar-refractivity contribution < 1.29 is 14.6 Å². The van der Waals surface area contributed by atoms with Crippen LogP contribution in [0.4, 0.5) is 0 Å². The number of ether oxygens (including phenoxy) is 1. The lowest BCUT2D eigenvalue weighted by Gasteiger charge is -2.24. The van der Waals surface area contributed by atoms with Gasteiger partial charge in [-0.2, -0.15) is 0 Å². The third-order valence-electron chi connectivity index (χ3n) is 6.70. The molecule has 0 saturated heterocycles. The normalized spacial score (nSPS) is 15.1. The lowest BCUT2D eigenvalue weighted by atomic mass is 9.83. The predicted molar refractivity (Wildman–Crippen MR) is 147 cm³/mol. The lowest BCUT2D eigenvalue weighted by molar-refractivity contribution is -0.139. The molecular formula is C31H30N2O3S. The number of aromatic amines is 1. The number of hydrogen-bond donors (Lipinski definition) is 2. The van der Waals surface area contributed by atoms with Crippen LogP contribution in [-0.2, 0) is 17.6 Å². The zero-order valence-corrected chi connectivity index (χ0v) is 21.4. The van der Waals surface area contributed by atoms with E-state index in [1.54, 1.807) is 11.8 Å². The maximum absolute atomic E-state index is 10.9. The average molecular weight is 511 g/mol. The van der Waals surface area contributed by atoms with E-state index in [-0.39, 0.29) is 12.5 Å². The number of thioether (sulfide) groups is 1. The van der Waals surface area contributed by atoms with Crippen LogP contribution < -0.4 is 4.74 Å². The molecule has 1 unspecified atom stereocenters. The van der Waals surface area contributed by atoms with Crippen LogP contribution in [0, 0.1) is 5.92 Å². The van der Waals surface area contributed by atoms with Crippen LogP contribution in [0.5, 0.6) is 5.75 Å². The number of nitrogens with zero attached hydrogens (tertiary/aromatic N) is 1. The molecular weight excluding hydrogens is 480 g/mol. The van der Waals surface area contributed by atoms with Crippen LogP contribution in [0.2, 0.25) is 0 Å². The molecule has 1 heterocycles. The predicted octanol–water partition coefficient (Wildman–Crippen LogP) is 6.51. The Morgan fingerprint density at radius 2 is 1.78 bits per heavy atom. The summed E-state index contributed by atoms with van der Waals surface area (Å²) < 4.78 is 5.49. The van der Waals surface area contributed by atoms with Gasteiger partial charge in [-0.25, -0.2) is 9.78 Å². The van der Waals surface area contributed by atoms with Gasteiger partial charge in [-0.3, -0.25) is 0 Å². The molecule has 0 spiro atoms. The van der Waals surface area contributed by atoms with Crippen molar-refractivity contribution in [2.45, 2.75) is 30.3 Å². The Kier molecular flexibility index (Phi) is 8.06. The van der Waals surface area contributed by atoms with Crippen LogP contribution in [0.25, 0.3) is 0 Å². The zero-order chi connectivity index (χ0) is 25.5. The summed E-state index contributed by atoms with van der Waals surface area (Å²) in [5.74, 6) is 1.18. The van der Waals surface area contributed by atoms with E-state index in [2.05, 4.69) is 76.7 Å². The van der Waals surface area contributed by atoms with Gasteiger partial charge in [0.1, 0.15) is 5.75 Å². The average Bonchev–Trinajstić information content (AvgIpc) is 3.39. The van der Waals surface area contributed by atoms with Crippen LogP contribution in [0.1, 0.15) is 40.3 Å². The molecule has 1 aliphatic carbocycles. The molecule has 37 heavy (non-hydrogen) atoms. The van der Waals surface area contributed by atoms with Crippen molar-refractivity contribution in [2.75, 3.05) is 12.4 Å². The SMILES string of the molecule is O=C(O)COc1cccc2c1CCC(C=CCSc1ncc(C(c3ccccc3)c3ccccc3)[nH]1)C2. The molecule has 3 aromatic carbocycles. The van der Waals surface area contributed by atoms with Crippen molar-refractivity contribution in [3.63, 3.8) is 0 Å². The fraction of sp³-hybridized carbons (Fsp3) is 0.226. The molecule has 1 aromatic heterocycles. The van der Waals surface area contributed by atoms with Crippen LogP contribution in [-0.4, -0.2) is 33.4 Å². The molecule has 1 aliphatic rings. The first-order chi connectivity index (χ1) is 18.2. The third-order valence-corrected chi connectivity index (χ3v) is 7.54. The molecule has 1 atom stereocenters. The van der Waals surface area contributed by atoms with E-state index in [0.29, 0.717) is 11.7 Å². The highest BCUT2D eigenvalue weighted by atomic mass is 32.2. The Balaban J connectivity index is 1.20. The van der Waals surface area contributed by atoms with E-state index in [0.717, 1.165) is 41.4 Å². The quantitative estimate of drug-likeness (QED) is 0.188. The number of aliphatic carboxylic acids is 1. The van der Waals surface area contributed by atoms with Gasteiger partial charge in [-0.1, -0.05) is 96.7 Å². The summed E-state index contributed by atoms with van der Waals surface area (Å²) in [4.78, 5) is 19.1. The highest BCUT2D eigenvalue weighted by Crippen LogP contribution is 2.34. The van der Waals surface area contributed by atoms with Crippen molar-refractivity contribution in [1.29, 1.82) is 0 Å². The number of benzene rings is 3. The Morgan fingerprint density at radius 3 is 2.49 bits per heavy atom. The van der Waals surface area contributed by atoms with E-state index in [4.69, 9.17) is 9.84 Å². The van der Waals surface area contributed by atoms with Gasteiger partial charge in [0, 0.05) is 11.4 Å². The Labute approximate surface area is 221 Å². The van der Waals surface area contributed by atoms with Gasteiger partial charge >= 0.3 is 5.97 Å². The molecule has 6 heteroatoms. The van der Waals surface area contributed by atoms with Crippen molar-refractivity contribution >= 4 is 17.7 Å². The number of carboxylic acid groups (broad SMARTS) is 1. The Bertz CT molecular complexity index is 1310. The van der Waals surface area contributed by atoms with E-state index in [1.165, 1.54) is 16.7 Å². The summed E-state index contributed by atoms with van der Waals surface area (Å²) in [7, 11) is 0. The van der Waals surface area contributed by atoms with Gasteiger partial charge in [-0.05, 0) is 53.5 Å². The number of allylic oxidation sites excluding steroid dienone is 1. The second-order valence-electron chi connectivity index (χ2n) is 9.22. The monoisotopic (exact) mass is 510 g/mol. The molecule has 5 rings (SSSR count). The van der Waals surface area contributed by atoms with Gasteiger partial charge in [0.15, 0.2) is 11.8 Å². The molecule has 2 N–H and O–H groups in total. The maximum atomic E-state index is 10.9. The molecule has 0 bridgehead atoms. The number of carbonyl (C=O) groups is 1. The van der Waals surface area contributed by atoms with Gasteiger partial charge in [0.25, 0.3) is 0 Å². The summed E-state index contributed by atoms with van der Waals surface area (Å²) in [5, 5.41) is 9.84. The second kappa shape index (κ2) is 12.0. The zero-order valence-electron chi connectivity index (χ0n) is 20.5. The van der Waals surface area contributed by atoms with Crippen molar-refractivity contribution in [3.8, 4) is 5.75 Å². The summed E-state index contributed by atoms with van der Waals surface area (Å²) in [6.45, 7) is -0.303. The highest BCUT2D eigenvalue weighted by molar-refractivity contribution is 7.99. The van der Waals surface area contributed by atoms with Crippen molar-refractivity contribution in [1.82, 2.24) is 9.97 Å². The first kappa shape index (κ1) is 24.9. The van der Waals surface area contributed by atoms with E-state index >= 15 is 0 Å². The molecule has 4 aromatic rings. The van der Waals surface area contributed by atoms with E-state index < -0.39 is 5.97 Å². The van der Waals surface area contributed by atoms with Gasteiger partial charge < -0.3 is 14.8 Å². The molecule has 0 radical (unpaired) electrons. The first-order valence-electron chi connectivity index (χ1n) is 12.6. The van der Waals surface area contributed by atoms with E-state index in [9.17, 15) is 4.79 Å². The number of H-pyrrole nitrogens is 1. The van der Waals surface area contributed by atoms with Crippen molar-refractivity contribution in [3.05, 3.63) is 125 Å². The molecule has 0 saturated carbocycles. The molecule has 188 valence electrons. The summed E-state index contributed by atoms with van der Waals surface area (Å²) >= 11 is 1.71. The van der Waals surface area contributed by atoms with Crippen molar-refractivity contribution in [2.24, 2.45) is 5.92 Å². The smallest absolute Gasteiger partial charge is 0.341 e. The minimum Gasteiger partial charge on any atom is -0.482 e. The number of rotatable bonds is 10. The van der Waals surface area contributed by atoms with Gasteiger partial charge in [0.05, 0.1) is 12.1 Å². The fourth-order valence-corrected chi connectivity index (χ4v) is 5.68. The number of nitrogens with one attached hydrogen (secondary N) is 1. The minimum absolute atomic E-state index is 0.117. The van der Waals surface area contributed by atoms with Gasteiger partial charge in [-0.15, -0.1) is 0 Å². The summed E-state index contributed by atoms with van der Waals surface area (Å²) in [6, 6.07) is 27.0. The summed E-state index contributed by atoms with van der Waals surface area (Å²) in [6.07, 6.45) is 9.37. The van der Waals surface area contributed by atoms with Crippen LogP contribution in [0.3, 0.4) is 0 Å². The topological polar surface area (TPSA) is 75.2 Å². The summed E-state index contributed by atoms with van der Waals surface area (Å²) in [5.41, 5.74) is 5.97. The Hall–Kier alpha value is -3.77. The maximum Gasteiger partial charge on any atom is 0.341 e. The fourth-order valence-electron chi connectivity index (χ4n) is 4.99. The highest BCUT2D eigenvalue weighted by Gasteiger charge is 2.21.